The first-order chi connectivity index (χ1) is 16.1. The molecule has 0 bridgehead atoms. The molecule has 0 radical (unpaired) electrons. The minimum absolute atomic E-state index is 0. The topological polar surface area (TPSA) is 36.1 Å². The summed E-state index contributed by atoms with van der Waals surface area (Å²) in [7, 11) is 4.35. The van der Waals surface area contributed by atoms with Crippen LogP contribution in [0.3, 0.4) is 0 Å². The number of halogens is 1. The van der Waals surface area contributed by atoms with Gasteiger partial charge in [-0.15, -0.1) is 12.4 Å². The van der Waals surface area contributed by atoms with Crippen molar-refractivity contribution in [2.24, 2.45) is 0 Å². The highest BCUT2D eigenvalue weighted by molar-refractivity contribution is 5.91. The van der Waals surface area contributed by atoms with Crippen molar-refractivity contribution in [2.45, 2.75) is 43.6 Å². The normalized spacial score (nSPS) is 20.4. The number of nitrogens with zero attached hydrogens (tertiary/aromatic N) is 1. The number of aromatic nitrogens is 1. The van der Waals surface area contributed by atoms with E-state index < -0.39 is 0 Å². The van der Waals surface area contributed by atoms with Gasteiger partial charge in [0.15, 0.2) is 0 Å². The van der Waals surface area contributed by atoms with Crippen LogP contribution in [0.5, 0.6) is 0 Å². The average molecular weight is 473 g/mol. The molecule has 176 valence electrons. The van der Waals surface area contributed by atoms with Crippen LogP contribution in [0.1, 0.15) is 47.6 Å². The third-order valence-electron chi connectivity index (χ3n) is 7.55. The van der Waals surface area contributed by atoms with Crippen molar-refractivity contribution in [3.05, 3.63) is 107 Å². The third-order valence-corrected chi connectivity index (χ3v) is 7.55. The number of rotatable bonds is 6. The maximum absolute atomic E-state index is 13.4. The van der Waals surface area contributed by atoms with Crippen LogP contribution >= 0.6 is 12.4 Å². The van der Waals surface area contributed by atoms with E-state index in [1.165, 1.54) is 22.1 Å². The summed E-state index contributed by atoms with van der Waals surface area (Å²) in [6, 6.07) is 29.8. The van der Waals surface area contributed by atoms with Gasteiger partial charge in [-0.05, 0) is 62.5 Å². The molecular formula is C30H33ClN2O. The lowest BCUT2D eigenvalue weighted by Crippen LogP contribution is -2.51. The van der Waals surface area contributed by atoms with E-state index in [0.29, 0.717) is 12.2 Å². The number of Topliss-reactive ketones (excluding diaryl/α,β-unsaturated/α-hetero) is 1. The summed E-state index contributed by atoms with van der Waals surface area (Å²) < 4.78 is 0. The maximum Gasteiger partial charge on any atom is 0.141 e. The Bertz CT molecular complexity index is 1250. The molecule has 0 aliphatic heterocycles. The first kappa shape index (κ1) is 24.3. The van der Waals surface area contributed by atoms with Gasteiger partial charge in [-0.2, -0.15) is 0 Å². The van der Waals surface area contributed by atoms with Crippen molar-refractivity contribution in [1.29, 1.82) is 0 Å². The molecule has 4 heteroatoms. The van der Waals surface area contributed by atoms with Gasteiger partial charge < -0.3 is 9.88 Å². The van der Waals surface area contributed by atoms with Crippen molar-refractivity contribution in [1.82, 2.24) is 9.88 Å². The van der Waals surface area contributed by atoms with Crippen LogP contribution in [0.2, 0.25) is 0 Å². The molecule has 1 saturated carbocycles. The fourth-order valence-corrected chi connectivity index (χ4v) is 5.60. The van der Waals surface area contributed by atoms with Crippen LogP contribution in [0.15, 0.2) is 84.9 Å². The zero-order valence-corrected chi connectivity index (χ0v) is 20.8. The van der Waals surface area contributed by atoms with Crippen LogP contribution in [-0.2, 0) is 17.6 Å². The van der Waals surface area contributed by atoms with Crippen LogP contribution in [0.25, 0.3) is 10.9 Å². The molecule has 4 aromatic rings. The van der Waals surface area contributed by atoms with E-state index in [1.54, 1.807) is 0 Å². The van der Waals surface area contributed by atoms with Gasteiger partial charge in [-0.1, -0.05) is 78.9 Å². The predicted molar refractivity (Wildman–Crippen MR) is 143 cm³/mol. The zero-order chi connectivity index (χ0) is 22.8. The Hall–Kier alpha value is -2.88. The van der Waals surface area contributed by atoms with Gasteiger partial charge in [0, 0.05) is 28.6 Å². The summed E-state index contributed by atoms with van der Waals surface area (Å²) in [6.45, 7) is 0. The highest BCUT2D eigenvalue weighted by Gasteiger charge is 2.43. The molecule has 1 fully saturated rings. The van der Waals surface area contributed by atoms with E-state index in [0.717, 1.165) is 36.9 Å². The van der Waals surface area contributed by atoms with Gasteiger partial charge in [0.2, 0.25) is 0 Å². The van der Waals surface area contributed by atoms with Gasteiger partial charge in [0.25, 0.3) is 0 Å². The molecule has 1 aliphatic rings. The maximum atomic E-state index is 13.4. The summed E-state index contributed by atoms with van der Waals surface area (Å²) >= 11 is 0. The predicted octanol–water partition coefficient (Wildman–Crippen LogP) is 6.56. The Morgan fingerprint density at radius 3 is 2.18 bits per heavy atom. The Morgan fingerprint density at radius 1 is 0.882 bits per heavy atom. The van der Waals surface area contributed by atoms with Crippen LogP contribution in [0.4, 0.5) is 0 Å². The lowest BCUT2D eigenvalue weighted by atomic mass is 9.69. The fraction of sp³-hybridized carbons (Fsp3) is 0.300. The minimum atomic E-state index is -0.115. The van der Waals surface area contributed by atoms with E-state index in [1.807, 2.05) is 0 Å². The molecule has 0 saturated heterocycles. The van der Waals surface area contributed by atoms with E-state index in [-0.39, 0.29) is 23.9 Å². The van der Waals surface area contributed by atoms with Crippen molar-refractivity contribution in [3.8, 4) is 0 Å². The van der Waals surface area contributed by atoms with Gasteiger partial charge >= 0.3 is 0 Å². The lowest BCUT2D eigenvalue weighted by molar-refractivity contribution is -0.124. The largest absolute Gasteiger partial charge is 0.358 e. The number of aromatic amines is 1. The van der Waals surface area contributed by atoms with Gasteiger partial charge in [-0.25, -0.2) is 0 Å². The number of ketones is 1. The van der Waals surface area contributed by atoms with Crippen LogP contribution in [0, 0.1) is 0 Å². The molecule has 3 aromatic carbocycles. The molecule has 34 heavy (non-hydrogen) atoms. The Balaban J connectivity index is 0.00000274. The van der Waals surface area contributed by atoms with E-state index in [9.17, 15) is 4.79 Å². The van der Waals surface area contributed by atoms with Crippen molar-refractivity contribution in [2.75, 3.05) is 14.1 Å². The molecule has 5 rings (SSSR count). The average Bonchev–Trinajstić information content (AvgIpc) is 3.20. The van der Waals surface area contributed by atoms with E-state index in [2.05, 4.69) is 109 Å². The van der Waals surface area contributed by atoms with Crippen molar-refractivity contribution < 1.29 is 4.79 Å². The molecule has 1 aromatic heterocycles. The molecule has 1 aliphatic carbocycles. The summed E-state index contributed by atoms with van der Waals surface area (Å²) in [5.41, 5.74) is 6.07. The molecule has 3 nitrogen and oxygen atoms in total. The first-order valence-corrected chi connectivity index (χ1v) is 11.9. The van der Waals surface area contributed by atoms with Crippen LogP contribution < -0.4 is 0 Å². The van der Waals surface area contributed by atoms with Crippen molar-refractivity contribution in [3.63, 3.8) is 0 Å². The number of fused-ring (bicyclic) bond motifs is 1. The number of likely N-dealkylation sites (N-methyl/N-ethyl adjacent to an activating group) is 1. The summed E-state index contributed by atoms with van der Waals surface area (Å²) in [5, 5.41) is 1.23. The molecule has 2 unspecified atom stereocenters. The zero-order valence-electron chi connectivity index (χ0n) is 20.0. The SMILES string of the molecule is CN(C)C1(Cc2ccccc2)CCC(=O)C(c2[nH]c3ccccc3c2Cc2ccccc2)C1.Cl. The Labute approximate surface area is 208 Å². The number of nitrogens with one attached hydrogen (secondary N) is 1. The molecule has 1 N–H and O–H groups in total. The summed E-state index contributed by atoms with van der Waals surface area (Å²) in [6.07, 6.45) is 4.15. The number of benzene rings is 3. The van der Waals surface area contributed by atoms with Gasteiger partial charge in [0.1, 0.15) is 5.78 Å². The molecular weight excluding hydrogens is 440 g/mol. The Kier molecular flexibility index (Phi) is 7.25. The smallest absolute Gasteiger partial charge is 0.141 e. The van der Waals surface area contributed by atoms with E-state index >= 15 is 0 Å². The summed E-state index contributed by atoms with van der Waals surface area (Å²) in [4.78, 5) is 19.4. The number of hydrogen-bond donors (Lipinski definition) is 1. The minimum Gasteiger partial charge on any atom is -0.358 e. The second kappa shape index (κ2) is 10.2. The fourth-order valence-electron chi connectivity index (χ4n) is 5.60. The second-order valence-corrected chi connectivity index (χ2v) is 9.73. The second-order valence-electron chi connectivity index (χ2n) is 9.73. The number of carbonyl (C=O) groups is 1. The number of carbonyl (C=O) groups excluding carboxylic acids is 1. The third kappa shape index (κ3) is 4.68. The number of hydrogen-bond acceptors (Lipinski definition) is 2. The highest BCUT2D eigenvalue weighted by atomic mass is 35.5. The van der Waals surface area contributed by atoms with Crippen molar-refractivity contribution >= 4 is 29.1 Å². The van der Waals surface area contributed by atoms with Gasteiger partial charge in [0.05, 0.1) is 5.92 Å². The molecule has 1 heterocycles. The standard InChI is InChI=1S/C30H32N2O.ClH/c1-32(2)30(20-23-13-7-4-8-14-23)18-17-28(33)26(21-30)29-25(19-22-11-5-3-6-12-22)24-15-9-10-16-27(24)31-29;/h3-16,26,31H,17-21H2,1-2H3;1H. The monoisotopic (exact) mass is 472 g/mol. The number of H-pyrrole nitrogens is 1. The quantitative estimate of drug-likeness (QED) is 0.345. The Morgan fingerprint density at radius 2 is 1.50 bits per heavy atom. The van der Waals surface area contributed by atoms with E-state index in [4.69, 9.17) is 0 Å². The highest BCUT2D eigenvalue weighted by Crippen LogP contribution is 2.43. The van der Waals surface area contributed by atoms with Gasteiger partial charge in [-0.3, -0.25) is 4.79 Å². The lowest BCUT2D eigenvalue weighted by Gasteiger charge is -2.45. The molecule has 0 spiro atoms. The first-order valence-electron chi connectivity index (χ1n) is 11.9. The molecule has 2 atom stereocenters. The van der Waals surface area contributed by atoms with Crippen LogP contribution in [-0.4, -0.2) is 35.3 Å². The molecule has 0 amide bonds. The number of para-hydroxylation sites is 1. The summed E-state index contributed by atoms with van der Waals surface area (Å²) in [5.74, 6) is 0.248.